The van der Waals surface area contributed by atoms with Gasteiger partial charge in [-0.15, -0.1) is 12.4 Å². The quantitative estimate of drug-likeness (QED) is 0.878. The van der Waals surface area contributed by atoms with E-state index in [0.29, 0.717) is 5.69 Å². The topological polar surface area (TPSA) is 55.1 Å². The standard InChI is InChI=1S/C11H13F3N2OS.ClH/c12-11(13,14)18-7-6-9(15)10(17)16-8-4-2-1-3-5-8;/h1-5,9H,6-7,15H2,(H,16,17);1H/t9-;/m0./s1. The Labute approximate surface area is 119 Å². The van der Waals surface area contributed by atoms with Crippen molar-refractivity contribution in [3.05, 3.63) is 30.3 Å². The van der Waals surface area contributed by atoms with E-state index in [1.54, 1.807) is 30.3 Å². The van der Waals surface area contributed by atoms with E-state index in [0.717, 1.165) is 0 Å². The predicted octanol–water partition coefficient (Wildman–Crippen LogP) is 3.02. The number of thioether (sulfide) groups is 1. The lowest BCUT2D eigenvalue weighted by atomic mass is 10.2. The summed E-state index contributed by atoms with van der Waals surface area (Å²) in [6.07, 6.45) is -0.0250. The van der Waals surface area contributed by atoms with Gasteiger partial charge in [0.05, 0.1) is 6.04 Å². The number of benzene rings is 1. The zero-order valence-corrected chi connectivity index (χ0v) is 11.4. The van der Waals surface area contributed by atoms with Gasteiger partial charge in [0.2, 0.25) is 5.91 Å². The number of nitrogens with one attached hydrogen (secondary N) is 1. The van der Waals surface area contributed by atoms with Gasteiger partial charge in [-0.25, -0.2) is 0 Å². The van der Waals surface area contributed by atoms with Crippen LogP contribution in [0.15, 0.2) is 30.3 Å². The molecule has 0 spiro atoms. The van der Waals surface area contributed by atoms with Crippen molar-refractivity contribution in [2.24, 2.45) is 5.73 Å². The second-order valence-electron chi connectivity index (χ2n) is 3.54. The Bertz CT molecular complexity index is 389. The normalized spacial score (nSPS) is 12.4. The molecule has 19 heavy (non-hydrogen) atoms. The molecule has 108 valence electrons. The van der Waals surface area contributed by atoms with Crippen LogP contribution in [0.3, 0.4) is 0 Å². The molecule has 0 fully saturated rings. The van der Waals surface area contributed by atoms with Crippen LogP contribution in [0.2, 0.25) is 0 Å². The lowest BCUT2D eigenvalue weighted by Crippen LogP contribution is -2.36. The van der Waals surface area contributed by atoms with Crippen molar-refractivity contribution < 1.29 is 18.0 Å². The maximum atomic E-state index is 11.9. The van der Waals surface area contributed by atoms with E-state index in [4.69, 9.17) is 5.73 Å². The number of carbonyl (C=O) groups excluding carboxylic acids is 1. The maximum absolute atomic E-state index is 11.9. The van der Waals surface area contributed by atoms with E-state index in [1.807, 2.05) is 0 Å². The molecule has 3 nitrogen and oxygen atoms in total. The second kappa shape index (κ2) is 8.29. The van der Waals surface area contributed by atoms with Crippen molar-refractivity contribution >= 4 is 35.8 Å². The highest BCUT2D eigenvalue weighted by molar-refractivity contribution is 8.00. The van der Waals surface area contributed by atoms with E-state index < -0.39 is 17.5 Å². The molecule has 1 amide bonds. The molecule has 8 heteroatoms. The van der Waals surface area contributed by atoms with E-state index in [2.05, 4.69) is 5.32 Å². The van der Waals surface area contributed by atoms with E-state index in [1.165, 1.54) is 0 Å². The molecule has 0 radical (unpaired) electrons. The molecule has 0 heterocycles. The van der Waals surface area contributed by atoms with Gasteiger partial charge in [0.25, 0.3) is 0 Å². The Morgan fingerprint density at radius 2 is 1.89 bits per heavy atom. The van der Waals surface area contributed by atoms with Crippen LogP contribution in [0.1, 0.15) is 6.42 Å². The Morgan fingerprint density at radius 1 is 1.32 bits per heavy atom. The number of nitrogens with two attached hydrogens (primary N) is 1. The highest BCUT2D eigenvalue weighted by atomic mass is 35.5. The number of hydrogen-bond donors (Lipinski definition) is 2. The number of carbonyl (C=O) groups is 1. The summed E-state index contributed by atoms with van der Waals surface area (Å²) in [5.41, 5.74) is 1.79. The van der Waals surface area contributed by atoms with Gasteiger partial charge in [-0.2, -0.15) is 13.2 Å². The third-order valence-corrected chi connectivity index (χ3v) is 2.84. The lowest BCUT2D eigenvalue weighted by Gasteiger charge is -2.12. The van der Waals surface area contributed by atoms with Crippen LogP contribution in [0.25, 0.3) is 0 Å². The molecule has 0 unspecified atom stereocenters. The zero-order valence-electron chi connectivity index (χ0n) is 9.81. The van der Waals surface area contributed by atoms with Crippen LogP contribution < -0.4 is 11.1 Å². The molecule has 0 aliphatic rings. The molecule has 0 aliphatic heterocycles. The highest BCUT2D eigenvalue weighted by Crippen LogP contribution is 2.30. The van der Waals surface area contributed by atoms with Gasteiger partial charge in [-0.3, -0.25) is 4.79 Å². The minimum atomic E-state index is -4.28. The Balaban J connectivity index is 0.00000324. The monoisotopic (exact) mass is 314 g/mol. The summed E-state index contributed by atoms with van der Waals surface area (Å²) in [6, 6.07) is 7.67. The fourth-order valence-corrected chi connectivity index (χ4v) is 1.79. The fraction of sp³-hybridized carbons (Fsp3) is 0.364. The van der Waals surface area contributed by atoms with Crippen molar-refractivity contribution in [1.82, 2.24) is 0 Å². The number of rotatable bonds is 5. The first-order chi connectivity index (χ1) is 8.38. The fourth-order valence-electron chi connectivity index (χ4n) is 1.19. The Kier molecular flexibility index (Phi) is 7.89. The summed E-state index contributed by atoms with van der Waals surface area (Å²) in [5.74, 6) is -0.712. The number of para-hydroxylation sites is 1. The van der Waals surface area contributed by atoms with E-state index in [-0.39, 0.29) is 36.3 Å². The third kappa shape index (κ3) is 7.97. The van der Waals surface area contributed by atoms with Crippen LogP contribution in [0.5, 0.6) is 0 Å². The van der Waals surface area contributed by atoms with Gasteiger partial charge in [-0.1, -0.05) is 30.0 Å². The van der Waals surface area contributed by atoms with Crippen LogP contribution in [0.4, 0.5) is 18.9 Å². The molecule has 0 saturated carbocycles. The Hall–Kier alpha value is -0.920. The first-order valence-electron chi connectivity index (χ1n) is 5.20. The summed E-state index contributed by atoms with van der Waals surface area (Å²) in [6.45, 7) is 0. The van der Waals surface area contributed by atoms with Gasteiger partial charge < -0.3 is 11.1 Å². The maximum Gasteiger partial charge on any atom is 0.441 e. The average molecular weight is 315 g/mol. The molecule has 1 aromatic carbocycles. The highest BCUT2D eigenvalue weighted by Gasteiger charge is 2.28. The molecular weight excluding hydrogens is 301 g/mol. The molecule has 0 bridgehead atoms. The third-order valence-electron chi connectivity index (χ3n) is 2.07. The molecule has 1 rings (SSSR count). The van der Waals surface area contributed by atoms with Gasteiger partial charge >= 0.3 is 5.51 Å². The van der Waals surface area contributed by atoms with Crippen LogP contribution in [-0.4, -0.2) is 23.2 Å². The van der Waals surface area contributed by atoms with Crippen LogP contribution >= 0.6 is 24.2 Å². The predicted molar refractivity (Wildman–Crippen MR) is 73.4 cm³/mol. The summed E-state index contributed by atoms with van der Waals surface area (Å²) >= 11 is -0.174. The van der Waals surface area contributed by atoms with Gasteiger partial charge in [-0.05, 0) is 18.6 Å². The summed E-state index contributed by atoms with van der Waals surface area (Å²) < 4.78 is 35.6. The van der Waals surface area contributed by atoms with Crippen molar-refractivity contribution in [3.8, 4) is 0 Å². The summed E-state index contributed by atoms with van der Waals surface area (Å²) in [5, 5.41) is 2.53. The molecule has 0 aliphatic carbocycles. The minimum Gasteiger partial charge on any atom is -0.325 e. The first-order valence-corrected chi connectivity index (χ1v) is 6.19. The minimum absolute atomic E-state index is 0. The smallest absolute Gasteiger partial charge is 0.325 e. The van der Waals surface area contributed by atoms with Crippen molar-refractivity contribution in [3.63, 3.8) is 0 Å². The van der Waals surface area contributed by atoms with E-state index >= 15 is 0 Å². The number of amides is 1. The number of hydrogen-bond acceptors (Lipinski definition) is 3. The Morgan fingerprint density at radius 3 is 2.42 bits per heavy atom. The molecule has 3 N–H and O–H groups in total. The first kappa shape index (κ1) is 18.1. The zero-order chi connectivity index (χ0) is 13.6. The SMILES string of the molecule is Cl.N[C@@H](CCSC(F)(F)F)C(=O)Nc1ccccc1. The molecule has 1 aromatic rings. The van der Waals surface area contributed by atoms with Gasteiger partial charge in [0.15, 0.2) is 0 Å². The number of alkyl halides is 3. The van der Waals surface area contributed by atoms with Crippen molar-refractivity contribution in [2.45, 2.75) is 18.0 Å². The largest absolute Gasteiger partial charge is 0.441 e. The van der Waals surface area contributed by atoms with Crippen molar-refractivity contribution in [1.29, 1.82) is 0 Å². The van der Waals surface area contributed by atoms with Crippen molar-refractivity contribution in [2.75, 3.05) is 11.1 Å². The number of anilines is 1. The number of halogens is 4. The molecule has 1 atom stereocenters. The molecule has 0 saturated heterocycles. The van der Waals surface area contributed by atoms with Gasteiger partial charge in [0.1, 0.15) is 0 Å². The molecule has 0 aromatic heterocycles. The van der Waals surface area contributed by atoms with Crippen LogP contribution in [0, 0.1) is 0 Å². The van der Waals surface area contributed by atoms with Crippen LogP contribution in [-0.2, 0) is 4.79 Å². The average Bonchev–Trinajstić information content (AvgIpc) is 2.28. The van der Waals surface area contributed by atoms with Gasteiger partial charge in [0, 0.05) is 11.4 Å². The summed E-state index contributed by atoms with van der Waals surface area (Å²) in [4.78, 5) is 11.5. The van der Waals surface area contributed by atoms with E-state index in [9.17, 15) is 18.0 Å². The lowest BCUT2D eigenvalue weighted by molar-refractivity contribution is -0.117. The second-order valence-corrected chi connectivity index (χ2v) is 4.70. The molecular formula is C11H14ClF3N2OS. The summed E-state index contributed by atoms with van der Waals surface area (Å²) in [7, 11) is 0.